The van der Waals surface area contributed by atoms with E-state index in [1.807, 2.05) is 22.6 Å². The van der Waals surface area contributed by atoms with Gasteiger partial charge in [-0.2, -0.15) is 0 Å². The molecular formula is C36H37F3IN5O8. The Morgan fingerprint density at radius 3 is 2.32 bits per heavy atom. The summed E-state index contributed by atoms with van der Waals surface area (Å²) in [6.45, 7) is 2.30. The summed E-state index contributed by atoms with van der Waals surface area (Å²) in [5, 5.41) is 7.79. The molecule has 2 aliphatic heterocycles. The van der Waals surface area contributed by atoms with E-state index in [1.54, 1.807) is 18.2 Å². The lowest BCUT2D eigenvalue weighted by molar-refractivity contribution is -0.136. The summed E-state index contributed by atoms with van der Waals surface area (Å²) in [4.78, 5) is 68.3. The largest absolute Gasteiger partial charge is 0.383 e. The molecule has 1 saturated heterocycles. The van der Waals surface area contributed by atoms with Gasteiger partial charge in [0.25, 0.3) is 17.7 Å². The van der Waals surface area contributed by atoms with Crippen molar-refractivity contribution in [3.05, 3.63) is 86.2 Å². The van der Waals surface area contributed by atoms with Gasteiger partial charge in [0, 0.05) is 28.8 Å². The van der Waals surface area contributed by atoms with Crippen molar-refractivity contribution in [1.82, 2.24) is 15.7 Å². The number of unbranched alkanes of at least 4 members (excludes halogenated alkanes) is 3. The number of benzene rings is 3. The van der Waals surface area contributed by atoms with Gasteiger partial charge in [0.1, 0.15) is 11.9 Å². The summed E-state index contributed by atoms with van der Waals surface area (Å²) in [6.07, 6.45) is 3.21. The van der Waals surface area contributed by atoms with Gasteiger partial charge in [-0.1, -0.05) is 12.8 Å². The summed E-state index contributed by atoms with van der Waals surface area (Å²) in [5.74, 6) is -6.25. The fourth-order valence-electron chi connectivity index (χ4n) is 5.66. The zero-order valence-corrected chi connectivity index (χ0v) is 30.6. The first-order valence-electron chi connectivity index (χ1n) is 16.9. The van der Waals surface area contributed by atoms with Crippen LogP contribution in [0, 0.1) is 21.0 Å². The maximum absolute atomic E-state index is 14.6. The van der Waals surface area contributed by atoms with Crippen molar-refractivity contribution in [3.8, 4) is 0 Å². The second-order valence-corrected chi connectivity index (χ2v) is 13.3. The predicted octanol–water partition coefficient (Wildman–Crippen LogP) is 5.22. The Bertz CT molecular complexity index is 1870. The van der Waals surface area contributed by atoms with Crippen LogP contribution in [0.15, 0.2) is 48.5 Å². The topological polar surface area (TPSA) is 164 Å². The van der Waals surface area contributed by atoms with Gasteiger partial charge in [-0.15, -0.1) is 0 Å². The number of halogens is 4. The van der Waals surface area contributed by atoms with Crippen LogP contribution < -0.4 is 21.4 Å². The van der Waals surface area contributed by atoms with Crippen molar-refractivity contribution in [2.24, 2.45) is 0 Å². The highest BCUT2D eigenvalue weighted by molar-refractivity contribution is 14.1. The van der Waals surface area contributed by atoms with E-state index in [4.69, 9.17) is 14.3 Å². The average Bonchev–Trinajstić information content (AvgIpc) is 3.37. The number of piperidine rings is 1. The molecule has 53 heavy (non-hydrogen) atoms. The number of hydrogen-bond acceptors (Lipinski definition) is 10. The van der Waals surface area contributed by atoms with Crippen LogP contribution in [-0.2, 0) is 23.9 Å². The monoisotopic (exact) mass is 851 g/mol. The minimum absolute atomic E-state index is 0.0539. The molecule has 3 aromatic carbocycles. The molecule has 4 N–H and O–H groups in total. The van der Waals surface area contributed by atoms with E-state index >= 15 is 0 Å². The van der Waals surface area contributed by atoms with Crippen molar-refractivity contribution in [2.75, 3.05) is 50.2 Å². The number of anilines is 3. The maximum atomic E-state index is 14.6. The first kappa shape index (κ1) is 39.6. The zero-order valence-electron chi connectivity index (χ0n) is 28.4. The van der Waals surface area contributed by atoms with Crippen molar-refractivity contribution in [1.29, 1.82) is 0 Å². The Morgan fingerprint density at radius 1 is 0.830 bits per heavy atom. The number of nitrogens with zero attached hydrogens (tertiary/aromatic N) is 1. The van der Waals surface area contributed by atoms with Crippen molar-refractivity contribution >= 4 is 69.2 Å². The molecule has 5 rings (SSSR count). The molecule has 1 fully saturated rings. The van der Waals surface area contributed by atoms with Crippen LogP contribution in [0.3, 0.4) is 0 Å². The van der Waals surface area contributed by atoms with Crippen LogP contribution in [0.5, 0.6) is 0 Å². The molecule has 5 amide bonds. The van der Waals surface area contributed by atoms with E-state index in [-0.39, 0.29) is 41.8 Å². The summed E-state index contributed by atoms with van der Waals surface area (Å²) < 4.78 is 54.6. The maximum Gasteiger partial charge on any atom is 0.277 e. The first-order chi connectivity index (χ1) is 25.5. The Morgan fingerprint density at radius 2 is 1.57 bits per heavy atom. The third-order valence-electron chi connectivity index (χ3n) is 8.37. The Hall–Kier alpha value is -4.59. The van der Waals surface area contributed by atoms with Crippen LogP contribution in [0.25, 0.3) is 0 Å². The van der Waals surface area contributed by atoms with E-state index in [1.165, 1.54) is 18.2 Å². The lowest BCUT2D eigenvalue weighted by Crippen LogP contribution is -2.54. The second-order valence-electron chi connectivity index (χ2n) is 12.1. The summed E-state index contributed by atoms with van der Waals surface area (Å²) >= 11 is 1.91. The molecule has 0 bridgehead atoms. The zero-order chi connectivity index (χ0) is 37.9. The smallest absolute Gasteiger partial charge is 0.277 e. The van der Waals surface area contributed by atoms with Gasteiger partial charge < -0.3 is 20.1 Å². The molecule has 0 saturated carbocycles. The molecule has 0 aromatic heterocycles. The van der Waals surface area contributed by atoms with Crippen LogP contribution in [0.1, 0.15) is 69.6 Å². The van der Waals surface area contributed by atoms with Gasteiger partial charge in [0.15, 0.2) is 11.6 Å². The normalized spacial score (nSPS) is 15.4. The highest BCUT2D eigenvalue weighted by Gasteiger charge is 2.44. The van der Waals surface area contributed by atoms with Gasteiger partial charge in [-0.3, -0.25) is 39.0 Å². The Kier molecular flexibility index (Phi) is 14.2. The van der Waals surface area contributed by atoms with Crippen LogP contribution in [-0.4, -0.2) is 80.1 Å². The van der Waals surface area contributed by atoms with Gasteiger partial charge in [-0.05, 0) is 90.4 Å². The lowest BCUT2D eigenvalue weighted by Gasteiger charge is -2.27. The fourth-order valence-corrected chi connectivity index (χ4v) is 6.11. The van der Waals surface area contributed by atoms with Gasteiger partial charge in [0.05, 0.1) is 54.5 Å². The van der Waals surface area contributed by atoms with E-state index < -0.39 is 58.7 Å². The molecule has 0 spiro atoms. The molecule has 0 aliphatic carbocycles. The average molecular weight is 852 g/mol. The Balaban J connectivity index is 0.893. The number of amides is 5. The third-order valence-corrected chi connectivity index (χ3v) is 9.04. The highest BCUT2D eigenvalue weighted by atomic mass is 127. The van der Waals surface area contributed by atoms with E-state index in [0.717, 1.165) is 36.3 Å². The molecule has 282 valence electrons. The Labute approximate surface area is 316 Å². The molecule has 3 aromatic rings. The fraction of sp³-hybridized carbons (Fsp3) is 0.361. The quantitative estimate of drug-likeness (QED) is 0.0545. The standard InChI is InChI=1S/C36H37F3IN5O8/c37-26-9-8-24(32(31(26)39)42-28-10-5-21(40)19-27(28)38)33(47)44-53-15-4-2-1-3-14-51-17-18-52-16-13-41-22-6-7-23-25(20-22)36(50)45(35(23)49)29-11-12-30(46)43-34(29)48/h5-10,19-20,29,41-42H,1-4,11-18H2,(H,44,47)(H,43,46,48). The van der Waals surface area contributed by atoms with E-state index in [9.17, 15) is 37.1 Å². The van der Waals surface area contributed by atoms with Crippen molar-refractivity contribution in [2.45, 2.75) is 44.6 Å². The van der Waals surface area contributed by atoms with Crippen LogP contribution >= 0.6 is 22.6 Å². The molecule has 2 aliphatic rings. The minimum Gasteiger partial charge on any atom is -0.383 e. The predicted molar refractivity (Wildman–Crippen MR) is 194 cm³/mol. The number of nitrogens with one attached hydrogen (secondary N) is 4. The number of carbonyl (C=O) groups excluding carboxylic acids is 5. The minimum atomic E-state index is -1.32. The summed E-state index contributed by atoms with van der Waals surface area (Å²) in [5.41, 5.74) is 2.35. The number of rotatable bonds is 19. The number of hydrogen-bond donors (Lipinski definition) is 4. The number of ether oxygens (including phenoxy) is 2. The van der Waals surface area contributed by atoms with Gasteiger partial charge in [0.2, 0.25) is 11.8 Å². The highest BCUT2D eigenvalue weighted by Crippen LogP contribution is 2.30. The molecule has 0 radical (unpaired) electrons. The van der Waals surface area contributed by atoms with Crippen LogP contribution in [0.2, 0.25) is 0 Å². The van der Waals surface area contributed by atoms with Crippen molar-refractivity contribution < 1.29 is 51.5 Å². The van der Waals surface area contributed by atoms with Crippen LogP contribution in [0.4, 0.5) is 30.2 Å². The summed E-state index contributed by atoms with van der Waals surface area (Å²) in [6, 6.07) is 9.79. The lowest BCUT2D eigenvalue weighted by atomic mass is 10.0. The molecule has 1 atom stereocenters. The van der Waals surface area contributed by atoms with Crippen molar-refractivity contribution in [3.63, 3.8) is 0 Å². The SMILES string of the molecule is O=C1CCC(N2C(=O)c3ccc(NCCOCCOCCCCCCONC(=O)c4ccc(F)c(F)c4Nc4ccc(I)cc4F)cc3C2=O)C(=O)N1. The van der Waals surface area contributed by atoms with Gasteiger partial charge in [-0.25, -0.2) is 18.7 Å². The molecule has 17 heteroatoms. The summed E-state index contributed by atoms with van der Waals surface area (Å²) in [7, 11) is 0. The first-order valence-corrected chi connectivity index (χ1v) is 18.0. The molecule has 1 unspecified atom stereocenters. The van der Waals surface area contributed by atoms with E-state index in [0.29, 0.717) is 48.7 Å². The third kappa shape index (κ3) is 10.3. The number of carbonyl (C=O) groups is 5. The van der Waals surface area contributed by atoms with Gasteiger partial charge >= 0.3 is 0 Å². The second kappa shape index (κ2) is 18.9. The molecule has 2 heterocycles. The molecule has 13 nitrogen and oxygen atoms in total. The number of fused-ring (bicyclic) bond motifs is 1. The number of hydroxylamine groups is 1. The molecular weight excluding hydrogens is 814 g/mol. The number of imide groups is 2. The van der Waals surface area contributed by atoms with E-state index in [2.05, 4.69) is 21.4 Å².